The van der Waals surface area contributed by atoms with Crippen molar-refractivity contribution in [3.63, 3.8) is 0 Å². The Balaban J connectivity index is 1.92. The number of hydrogen-bond donors (Lipinski definition) is 2. The molecule has 0 aromatic carbocycles. The second-order valence-electron chi connectivity index (χ2n) is 4.84. The molecular weight excluding hydrogens is 258 g/mol. The molecule has 0 spiro atoms. The Labute approximate surface area is 117 Å². The largest absolute Gasteiger partial charge is 0.345 e. The van der Waals surface area contributed by atoms with Crippen molar-refractivity contribution >= 4 is 6.03 Å². The first-order valence-corrected chi connectivity index (χ1v) is 6.33. The zero-order chi connectivity index (χ0) is 14.7. The number of carbonyl (C=O) groups is 1. The van der Waals surface area contributed by atoms with Crippen LogP contribution in [0.4, 0.5) is 4.79 Å². The number of carbonyl (C=O) groups excluding carboxylic acids is 1. The quantitative estimate of drug-likeness (QED) is 0.862. The van der Waals surface area contributed by atoms with Crippen molar-refractivity contribution < 1.29 is 4.79 Å². The maximum Gasteiger partial charge on any atom is 0.318 e. The summed E-state index contributed by atoms with van der Waals surface area (Å²) < 4.78 is 1.78. The minimum absolute atomic E-state index is 0.186. The number of rotatable bonds is 4. The van der Waals surface area contributed by atoms with Gasteiger partial charge >= 0.3 is 6.03 Å². The van der Waals surface area contributed by atoms with Crippen molar-refractivity contribution in [3.05, 3.63) is 29.9 Å². The van der Waals surface area contributed by atoms with Gasteiger partial charge in [0.2, 0.25) is 0 Å². The van der Waals surface area contributed by atoms with Crippen molar-refractivity contribution in [2.45, 2.75) is 26.4 Å². The third-order valence-electron chi connectivity index (χ3n) is 2.96. The van der Waals surface area contributed by atoms with Crippen LogP contribution in [0.15, 0.2) is 12.5 Å². The lowest BCUT2D eigenvalue weighted by molar-refractivity contribution is 0.202. The zero-order valence-electron chi connectivity index (χ0n) is 12.1. The number of H-pyrrole nitrogens is 1. The summed E-state index contributed by atoms with van der Waals surface area (Å²) in [5.41, 5.74) is 0.973. The number of urea groups is 1. The van der Waals surface area contributed by atoms with Gasteiger partial charge in [0.15, 0.2) is 5.82 Å². The molecule has 8 heteroatoms. The fraction of sp³-hybridized carbons (Fsp3) is 0.500. The summed E-state index contributed by atoms with van der Waals surface area (Å²) in [5.74, 6) is 1.46. The molecule has 0 aliphatic heterocycles. The Hall–Kier alpha value is -2.38. The second kappa shape index (κ2) is 5.72. The molecule has 8 nitrogen and oxygen atoms in total. The van der Waals surface area contributed by atoms with Crippen molar-refractivity contribution in [1.29, 1.82) is 0 Å². The minimum Gasteiger partial charge on any atom is -0.345 e. The minimum atomic E-state index is -0.212. The summed E-state index contributed by atoms with van der Waals surface area (Å²) in [6.45, 7) is 4.21. The topological polar surface area (TPSA) is 91.7 Å². The molecule has 0 saturated carbocycles. The molecule has 0 saturated heterocycles. The van der Waals surface area contributed by atoms with Crippen LogP contribution < -0.4 is 5.32 Å². The Kier molecular flexibility index (Phi) is 4.02. The first-order valence-electron chi connectivity index (χ1n) is 6.33. The third-order valence-corrected chi connectivity index (χ3v) is 2.96. The smallest absolute Gasteiger partial charge is 0.318 e. The van der Waals surface area contributed by atoms with Crippen molar-refractivity contribution in [1.82, 2.24) is 34.9 Å². The lowest BCUT2D eigenvalue weighted by atomic mass is 10.3. The predicted molar refractivity (Wildman–Crippen MR) is 72.7 cm³/mol. The van der Waals surface area contributed by atoms with E-state index in [4.69, 9.17) is 0 Å². The Bertz CT molecular complexity index is 588. The van der Waals surface area contributed by atoms with Crippen LogP contribution in [0, 0.1) is 6.92 Å². The standard InChI is InChI=1S/C12H19N7O/c1-8-5-13-10(15-8)6-18(3)12(20)16-9(2)11-17-14-7-19(11)4/h5,7,9H,6H2,1-4H3,(H,13,15)(H,16,20). The maximum atomic E-state index is 12.1. The van der Waals surface area contributed by atoms with Crippen LogP contribution in [-0.4, -0.2) is 42.7 Å². The molecule has 0 radical (unpaired) electrons. The average molecular weight is 277 g/mol. The van der Waals surface area contributed by atoms with Crippen LogP contribution in [0.3, 0.4) is 0 Å². The molecule has 2 heterocycles. The first-order chi connectivity index (χ1) is 9.47. The van der Waals surface area contributed by atoms with E-state index in [1.807, 2.05) is 20.9 Å². The van der Waals surface area contributed by atoms with E-state index in [-0.39, 0.29) is 12.1 Å². The van der Waals surface area contributed by atoms with Crippen LogP contribution in [-0.2, 0) is 13.6 Å². The van der Waals surface area contributed by atoms with Crippen molar-refractivity contribution in [2.75, 3.05) is 7.05 Å². The number of nitrogens with zero attached hydrogens (tertiary/aromatic N) is 5. The number of amides is 2. The molecule has 2 amide bonds. The van der Waals surface area contributed by atoms with Gasteiger partial charge in [-0.15, -0.1) is 10.2 Å². The summed E-state index contributed by atoms with van der Waals surface area (Å²) >= 11 is 0. The highest BCUT2D eigenvalue weighted by Crippen LogP contribution is 2.08. The van der Waals surface area contributed by atoms with Crippen LogP contribution in [0.5, 0.6) is 0 Å². The number of aromatic nitrogens is 5. The molecule has 0 aliphatic rings. The summed E-state index contributed by atoms with van der Waals surface area (Å²) in [5, 5.41) is 10.6. The van der Waals surface area contributed by atoms with Gasteiger partial charge in [0.25, 0.3) is 0 Å². The molecule has 2 aromatic rings. The summed E-state index contributed by atoms with van der Waals surface area (Å²) in [6.07, 6.45) is 3.34. The second-order valence-corrected chi connectivity index (χ2v) is 4.84. The first kappa shape index (κ1) is 14.0. The van der Waals surface area contributed by atoms with E-state index < -0.39 is 0 Å². The number of aryl methyl sites for hydroxylation is 2. The highest BCUT2D eigenvalue weighted by Gasteiger charge is 2.17. The molecule has 20 heavy (non-hydrogen) atoms. The van der Waals surface area contributed by atoms with Gasteiger partial charge in [0.1, 0.15) is 12.2 Å². The molecule has 1 unspecified atom stereocenters. The van der Waals surface area contributed by atoms with Crippen molar-refractivity contribution in [2.24, 2.45) is 7.05 Å². The molecule has 108 valence electrons. The molecule has 0 aliphatic carbocycles. The number of aromatic amines is 1. The average Bonchev–Trinajstić information content (AvgIpc) is 2.98. The number of imidazole rings is 1. The van der Waals surface area contributed by atoms with Gasteiger partial charge in [0.05, 0.1) is 12.6 Å². The third kappa shape index (κ3) is 3.14. The summed E-state index contributed by atoms with van der Waals surface area (Å²) in [4.78, 5) is 20.9. The van der Waals surface area contributed by atoms with Gasteiger partial charge < -0.3 is 19.8 Å². The molecule has 2 rings (SSSR count). The van der Waals surface area contributed by atoms with Gasteiger partial charge in [-0.1, -0.05) is 0 Å². The van der Waals surface area contributed by atoms with Crippen LogP contribution >= 0.6 is 0 Å². The lowest BCUT2D eigenvalue weighted by Crippen LogP contribution is -2.39. The molecule has 0 fully saturated rings. The number of nitrogens with one attached hydrogen (secondary N) is 2. The highest BCUT2D eigenvalue weighted by molar-refractivity contribution is 5.74. The van der Waals surface area contributed by atoms with E-state index in [0.29, 0.717) is 12.4 Å². The van der Waals surface area contributed by atoms with E-state index in [1.165, 1.54) is 0 Å². The zero-order valence-corrected chi connectivity index (χ0v) is 12.1. The maximum absolute atomic E-state index is 12.1. The molecular formula is C12H19N7O. The normalized spacial score (nSPS) is 12.2. The van der Waals surface area contributed by atoms with Crippen LogP contribution in [0.2, 0.25) is 0 Å². The monoisotopic (exact) mass is 277 g/mol. The van der Waals surface area contributed by atoms with Gasteiger partial charge in [-0.25, -0.2) is 9.78 Å². The van der Waals surface area contributed by atoms with E-state index in [1.54, 1.807) is 29.0 Å². The summed E-state index contributed by atoms with van der Waals surface area (Å²) in [7, 11) is 3.56. The molecule has 0 bridgehead atoms. The fourth-order valence-electron chi connectivity index (χ4n) is 1.89. The Morgan fingerprint density at radius 2 is 2.35 bits per heavy atom. The fourth-order valence-corrected chi connectivity index (χ4v) is 1.89. The highest BCUT2D eigenvalue weighted by atomic mass is 16.2. The molecule has 2 aromatic heterocycles. The lowest BCUT2D eigenvalue weighted by Gasteiger charge is -2.20. The van der Waals surface area contributed by atoms with Crippen molar-refractivity contribution in [3.8, 4) is 0 Å². The van der Waals surface area contributed by atoms with Gasteiger partial charge in [-0.3, -0.25) is 0 Å². The van der Waals surface area contributed by atoms with E-state index in [0.717, 1.165) is 11.5 Å². The molecule has 2 N–H and O–H groups in total. The van der Waals surface area contributed by atoms with Crippen LogP contribution in [0.1, 0.15) is 30.3 Å². The van der Waals surface area contributed by atoms with E-state index in [2.05, 4.69) is 25.5 Å². The molecule has 1 atom stereocenters. The van der Waals surface area contributed by atoms with E-state index in [9.17, 15) is 4.79 Å². The Morgan fingerprint density at radius 3 is 2.90 bits per heavy atom. The van der Waals surface area contributed by atoms with Gasteiger partial charge in [-0.05, 0) is 13.8 Å². The van der Waals surface area contributed by atoms with Gasteiger partial charge in [0, 0.05) is 26.0 Å². The predicted octanol–water partition coefficient (Wildman–Crippen LogP) is 0.749. The number of hydrogen-bond acceptors (Lipinski definition) is 4. The van der Waals surface area contributed by atoms with Crippen LogP contribution in [0.25, 0.3) is 0 Å². The summed E-state index contributed by atoms with van der Waals surface area (Å²) in [6, 6.07) is -0.398. The Morgan fingerprint density at radius 1 is 1.60 bits per heavy atom. The van der Waals surface area contributed by atoms with E-state index >= 15 is 0 Å². The van der Waals surface area contributed by atoms with Gasteiger partial charge in [-0.2, -0.15) is 0 Å². The SMILES string of the molecule is Cc1cnc(CN(C)C(=O)NC(C)c2nncn2C)[nH]1.